The van der Waals surface area contributed by atoms with E-state index in [1.807, 2.05) is 33.1 Å². The Morgan fingerprint density at radius 1 is 1.42 bits per heavy atom. The fourth-order valence-corrected chi connectivity index (χ4v) is 2.59. The number of thioether (sulfide) groups is 1. The zero-order chi connectivity index (χ0) is 14.5. The molecule has 0 heterocycles. The van der Waals surface area contributed by atoms with E-state index in [0.29, 0.717) is 6.54 Å². The van der Waals surface area contributed by atoms with Crippen LogP contribution in [0, 0.1) is 0 Å². The van der Waals surface area contributed by atoms with E-state index < -0.39 is 5.60 Å². The molecule has 0 atom stereocenters. The number of rotatable bonds is 4. The third-order valence-electron chi connectivity index (χ3n) is 2.31. The first-order chi connectivity index (χ1) is 8.81. The number of hydrogen-bond donors (Lipinski definition) is 1. The number of carbonyl (C=O) groups excluding carboxylic acids is 1. The van der Waals surface area contributed by atoms with Crippen molar-refractivity contribution in [2.45, 2.75) is 37.7 Å². The van der Waals surface area contributed by atoms with E-state index in [1.165, 1.54) is 10.5 Å². The number of amides is 1. The molecule has 1 amide bonds. The van der Waals surface area contributed by atoms with Crippen LogP contribution in [0.3, 0.4) is 0 Å². The highest BCUT2D eigenvalue weighted by Crippen LogP contribution is 2.24. The molecule has 0 aromatic heterocycles. The summed E-state index contributed by atoms with van der Waals surface area (Å²) in [5, 5.41) is 2.77. The first kappa shape index (κ1) is 16.4. The van der Waals surface area contributed by atoms with E-state index in [2.05, 4.69) is 33.4 Å². The normalized spacial score (nSPS) is 11.2. The largest absolute Gasteiger partial charge is 0.444 e. The monoisotopic (exact) mass is 345 g/mol. The second kappa shape index (κ2) is 7.20. The number of alkyl carbamates (subject to hydrolysis) is 1. The van der Waals surface area contributed by atoms with Crippen LogP contribution in [0.4, 0.5) is 4.79 Å². The number of carbonyl (C=O) groups is 1. The van der Waals surface area contributed by atoms with E-state index in [1.54, 1.807) is 11.8 Å². The Hall–Kier alpha value is -0.680. The fraction of sp³-hybridized carbons (Fsp3) is 0.500. The Morgan fingerprint density at radius 3 is 2.68 bits per heavy atom. The zero-order valence-corrected chi connectivity index (χ0v) is 14.2. The Balaban J connectivity index is 2.49. The Bertz CT molecular complexity index is 444. The molecule has 19 heavy (non-hydrogen) atoms. The molecular weight excluding hydrogens is 326 g/mol. The molecular formula is C14H20BrNO2S. The number of nitrogens with one attached hydrogen (secondary N) is 1. The quantitative estimate of drug-likeness (QED) is 0.829. The minimum atomic E-state index is -0.454. The van der Waals surface area contributed by atoms with Crippen LogP contribution in [0.25, 0.3) is 0 Å². The third kappa shape index (κ3) is 6.34. The van der Waals surface area contributed by atoms with E-state index in [0.717, 1.165) is 10.9 Å². The summed E-state index contributed by atoms with van der Waals surface area (Å²) < 4.78 is 6.24. The fourth-order valence-electron chi connectivity index (χ4n) is 1.56. The summed E-state index contributed by atoms with van der Waals surface area (Å²) in [6.07, 6.45) is 2.47. The van der Waals surface area contributed by atoms with Gasteiger partial charge in [-0.15, -0.1) is 11.8 Å². The van der Waals surface area contributed by atoms with Crippen LogP contribution >= 0.6 is 27.7 Å². The van der Waals surface area contributed by atoms with Crippen LogP contribution in [0.2, 0.25) is 0 Å². The Morgan fingerprint density at radius 2 is 2.11 bits per heavy atom. The number of hydrogen-bond acceptors (Lipinski definition) is 3. The van der Waals surface area contributed by atoms with Crippen molar-refractivity contribution in [3.05, 3.63) is 28.2 Å². The maximum atomic E-state index is 11.5. The van der Waals surface area contributed by atoms with E-state index in [4.69, 9.17) is 4.74 Å². The van der Waals surface area contributed by atoms with Gasteiger partial charge in [0.2, 0.25) is 0 Å². The molecule has 3 nitrogen and oxygen atoms in total. The van der Waals surface area contributed by atoms with Gasteiger partial charge in [0.25, 0.3) is 0 Å². The van der Waals surface area contributed by atoms with Crippen molar-refractivity contribution in [2.24, 2.45) is 0 Å². The average Bonchev–Trinajstić information content (AvgIpc) is 2.27. The van der Waals surface area contributed by atoms with E-state index >= 15 is 0 Å². The standard InChI is InChI=1S/C14H20BrNO2S/c1-14(2,3)18-13(17)16-8-7-10-9-11(15)5-6-12(10)19-4/h5-6,9H,7-8H2,1-4H3,(H,16,17). The molecule has 1 N–H and O–H groups in total. The summed E-state index contributed by atoms with van der Waals surface area (Å²) in [6, 6.07) is 6.19. The van der Waals surface area contributed by atoms with Crippen LogP contribution in [0.15, 0.2) is 27.6 Å². The first-order valence-electron chi connectivity index (χ1n) is 6.11. The summed E-state index contributed by atoms with van der Waals surface area (Å²) in [4.78, 5) is 12.8. The maximum absolute atomic E-state index is 11.5. The van der Waals surface area contributed by atoms with Gasteiger partial charge >= 0.3 is 6.09 Å². The van der Waals surface area contributed by atoms with Gasteiger partial charge in [-0.25, -0.2) is 4.79 Å². The molecule has 1 aromatic rings. The summed E-state index contributed by atoms with van der Waals surface area (Å²) in [7, 11) is 0. The minimum Gasteiger partial charge on any atom is -0.444 e. The van der Waals surface area contributed by atoms with E-state index in [9.17, 15) is 4.79 Å². The predicted octanol–water partition coefficient (Wildman–Crippen LogP) is 4.24. The highest BCUT2D eigenvalue weighted by atomic mass is 79.9. The Labute approximate surface area is 127 Å². The smallest absolute Gasteiger partial charge is 0.407 e. The van der Waals surface area contributed by atoms with Crippen LogP contribution in [0.1, 0.15) is 26.3 Å². The molecule has 1 aromatic carbocycles. The molecule has 0 aliphatic rings. The van der Waals surface area contributed by atoms with Crippen LogP contribution in [-0.4, -0.2) is 24.5 Å². The molecule has 0 unspecified atom stereocenters. The average molecular weight is 346 g/mol. The third-order valence-corrected chi connectivity index (χ3v) is 3.64. The van der Waals surface area contributed by atoms with E-state index in [-0.39, 0.29) is 6.09 Å². The summed E-state index contributed by atoms with van der Waals surface area (Å²) in [5.74, 6) is 0. The molecule has 0 fully saturated rings. The van der Waals surface area contributed by atoms with Crippen molar-refractivity contribution in [1.29, 1.82) is 0 Å². The maximum Gasteiger partial charge on any atom is 0.407 e. The molecule has 0 spiro atoms. The molecule has 0 saturated carbocycles. The van der Waals surface area contributed by atoms with Crippen molar-refractivity contribution in [3.63, 3.8) is 0 Å². The molecule has 0 aliphatic carbocycles. The molecule has 1 rings (SSSR count). The number of ether oxygens (including phenoxy) is 1. The van der Waals surface area contributed by atoms with Gasteiger partial charge in [0, 0.05) is 15.9 Å². The minimum absolute atomic E-state index is 0.367. The van der Waals surface area contributed by atoms with Gasteiger partial charge in [-0.05, 0) is 57.2 Å². The Kier molecular flexibility index (Phi) is 6.20. The van der Waals surface area contributed by atoms with Crippen molar-refractivity contribution >= 4 is 33.8 Å². The van der Waals surface area contributed by atoms with Gasteiger partial charge in [-0.1, -0.05) is 15.9 Å². The topological polar surface area (TPSA) is 38.3 Å². The lowest BCUT2D eigenvalue weighted by Gasteiger charge is -2.19. The van der Waals surface area contributed by atoms with Gasteiger partial charge in [-0.2, -0.15) is 0 Å². The van der Waals surface area contributed by atoms with Crippen molar-refractivity contribution < 1.29 is 9.53 Å². The molecule has 106 valence electrons. The predicted molar refractivity (Wildman–Crippen MR) is 83.9 cm³/mol. The van der Waals surface area contributed by atoms with Crippen molar-refractivity contribution in [2.75, 3.05) is 12.8 Å². The van der Waals surface area contributed by atoms with Crippen molar-refractivity contribution in [3.8, 4) is 0 Å². The second-order valence-electron chi connectivity index (χ2n) is 5.13. The van der Waals surface area contributed by atoms with Crippen LogP contribution in [-0.2, 0) is 11.2 Å². The van der Waals surface area contributed by atoms with Gasteiger partial charge in [-0.3, -0.25) is 0 Å². The zero-order valence-electron chi connectivity index (χ0n) is 11.7. The van der Waals surface area contributed by atoms with Crippen LogP contribution in [0.5, 0.6) is 0 Å². The van der Waals surface area contributed by atoms with Gasteiger partial charge in [0.15, 0.2) is 0 Å². The van der Waals surface area contributed by atoms with Crippen molar-refractivity contribution in [1.82, 2.24) is 5.32 Å². The van der Waals surface area contributed by atoms with Gasteiger partial charge in [0.1, 0.15) is 5.60 Å². The highest BCUT2D eigenvalue weighted by Gasteiger charge is 2.15. The summed E-state index contributed by atoms with van der Waals surface area (Å²) >= 11 is 5.17. The highest BCUT2D eigenvalue weighted by molar-refractivity contribution is 9.10. The molecule has 5 heteroatoms. The number of benzene rings is 1. The lowest BCUT2D eigenvalue weighted by molar-refractivity contribution is 0.0528. The molecule has 0 radical (unpaired) electrons. The van der Waals surface area contributed by atoms with Crippen LogP contribution < -0.4 is 5.32 Å². The molecule has 0 bridgehead atoms. The molecule has 0 aliphatic heterocycles. The summed E-state index contributed by atoms with van der Waals surface area (Å²) in [6.45, 7) is 6.13. The van der Waals surface area contributed by atoms with Gasteiger partial charge < -0.3 is 10.1 Å². The number of halogens is 1. The van der Waals surface area contributed by atoms with Gasteiger partial charge in [0.05, 0.1) is 0 Å². The second-order valence-corrected chi connectivity index (χ2v) is 6.90. The summed E-state index contributed by atoms with van der Waals surface area (Å²) in [5.41, 5.74) is 0.766. The molecule has 0 saturated heterocycles. The first-order valence-corrected chi connectivity index (χ1v) is 8.13. The lowest BCUT2D eigenvalue weighted by Crippen LogP contribution is -2.33. The lowest BCUT2D eigenvalue weighted by atomic mass is 10.1. The SMILES string of the molecule is CSc1ccc(Br)cc1CCNC(=O)OC(C)(C)C.